The lowest BCUT2D eigenvalue weighted by Gasteiger charge is -2.28. The Balaban J connectivity index is 1.60. The van der Waals surface area contributed by atoms with Crippen LogP contribution in [0, 0.1) is 6.92 Å². The van der Waals surface area contributed by atoms with E-state index < -0.39 is 58.5 Å². The molecule has 1 saturated carbocycles. The SMILES string of the molecule is C=NN(c1nc(Cl)nc(NC2CCCC2)c1C)[C@@H]1O[C@H](CS(=O)(=O)C(c2nn[nH]n2)P(=O)(O)O)[C@@H](O)[C@H]1O. The van der Waals surface area contributed by atoms with Crippen molar-refractivity contribution in [2.45, 2.75) is 68.2 Å². The summed E-state index contributed by atoms with van der Waals surface area (Å²) in [5.41, 5.74) is 0.480. The highest BCUT2D eigenvalue weighted by Gasteiger charge is 2.52. The smallest absolute Gasteiger partial charge is 0.351 e. The largest absolute Gasteiger partial charge is 0.387 e. The molecule has 5 atom stereocenters. The summed E-state index contributed by atoms with van der Waals surface area (Å²) in [6, 6.07) is 0.184. The number of aliphatic hydroxyl groups is 2. The van der Waals surface area contributed by atoms with Crippen LogP contribution >= 0.6 is 19.2 Å². The molecule has 2 aromatic rings. The summed E-state index contributed by atoms with van der Waals surface area (Å²) in [6.45, 7) is 5.15. The van der Waals surface area contributed by atoms with Crippen LogP contribution in [0.15, 0.2) is 5.10 Å². The number of hydrazone groups is 1. The molecule has 1 aliphatic heterocycles. The number of ether oxygens (including phenoxy) is 1. The zero-order valence-corrected chi connectivity index (χ0v) is 22.5. The van der Waals surface area contributed by atoms with E-state index in [1.807, 2.05) is 5.21 Å². The van der Waals surface area contributed by atoms with Gasteiger partial charge in [0.15, 0.2) is 21.9 Å². The molecule has 2 aromatic heterocycles. The summed E-state index contributed by atoms with van der Waals surface area (Å²) in [5.74, 6) is -1.35. The lowest BCUT2D eigenvalue weighted by molar-refractivity contribution is 0.0153. The van der Waals surface area contributed by atoms with E-state index in [-0.39, 0.29) is 17.1 Å². The van der Waals surface area contributed by atoms with Crippen LogP contribution in [0.1, 0.15) is 42.1 Å². The second-order valence-electron chi connectivity index (χ2n) is 8.99. The van der Waals surface area contributed by atoms with Crippen molar-refractivity contribution in [1.82, 2.24) is 30.6 Å². The third-order valence-electron chi connectivity index (χ3n) is 6.36. The van der Waals surface area contributed by atoms with Gasteiger partial charge in [-0.15, -0.1) is 10.2 Å². The molecule has 1 saturated heterocycles. The van der Waals surface area contributed by atoms with Gasteiger partial charge in [0.25, 0.3) is 0 Å². The van der Waals surface area contributed by atoms with E-state index in [0.29, 0.717) is 11.4 Å². The minimum atomic E-state index is -5.35. The molecule has 38 heavy (non-hydrogen) atoms. The van der Waals surface area contributed by atoms with Gasteiger partial charge < -0.3 is 30.1 Å². The highest BCUT2D eigenvalue weighted by Crippen LogP contribution is 2.54. The Bertz CT molecular complexity index is 1310. The summed E-state index contributed by atoms with van der Waals surface area (Å²) in [6.07, 6.45) is -2.58. The highest BCUT2D eigenvalue weighted by atomic mass is 35.5. The third-order valence-corrected chi connectivity index (χ3v) is 10.8. The summed E-state index contributed by atoms with van der Waals surface area (Å²) in [7, 11) is -10.1. The normalized spacial score (nSPS) is 25.4. The van der Waals surface area contributed by atoms with Crippen molar-refractivity contribution in [3.05, 3.63) is 16.7 Å². The van der Waals surface area contributed by atoms with E-state index in [1.54, 1.807) is 6.92 Å². The lowest BCUT2D eigenvalue weighted by Crippen LogP contribution is -2.42. The van der Waals surface area contributed by atoms with E-state index >= 15 is 0 Å². The van der Waals surface area contributed by atoms with Gasteiger partial charge in [0, 0.05) is 18.3 Å². The van der Waals surface area contributed by atoms with Gasteiger partial charge in [0.05, 0.1) is 5.75 Å². The Morgan fingerprint density at radius 3 is 2.55 bits per heavy atom. The summed E-state index contributed by atoms with van der Waals surface area (Å²) >= 11 is 6.15. The number of nitrogens with zero attached hydrogens (tertiary/aromatic N) is 7. The van der Waals surface area contributed by atoms with Crippen LogP contribution in [0.2, 0.25) is 5.28 Å². The molecule has 0 aromatic carbocycles. The van der Waals surface area contributed by atoms with E-state index in [1.165, 1.54) is 0 Å². The molecule has 0 spiro atoms. The quantitative estimate of drug-likeness (QED) is 0.0873. The predicted molar refractivity (Wildman–Crippen MR) is 133 cm³/mol. The summed E-state index contributed by atoms with van der Waals surface area (Å²) in [5, 5.41) is 41.3. The van der Waals surface area contributed by atoms with Crippen LogP contribution in [0.25, 0.3) is 0 Å². The van der Waals surface area contributed by atoms with Crippen molar-refractivity contribution >= 4 is 47.4 Å². The molecule has 17 nitrogen and oxygen atoms in total. The second kappa shape index (κ2) is 11.1. The number of anilines is 2. The average Bonchev–Trinajstić information content (AvgIpc) is 3.57. The molecular formula is C18H27ClN9O8PS. The summed E-state index contributed by atoms with van der Waals surface area (Å²) < 4.78 is 43.7. The fraction of sp³-hybridized carbons (Fsp3) is 0.667. The Morgan fingerprint density at radius 2 is 1.97 bits per heavy atom. The predicted octanol–water partition coefficient (Wildman–Crippen LogP) is -0.534. The van der Waals surface area contributed by atoms with E-state index in [2.05, 4.69) is 42.5 Å². The number of H-pyrrole nitrogens is 1. The monoisotopic (exact) mass is 595 g/mol. The van der Waals surface area contributed by atoms with E-state index in [0.717, 1.165) is 30.7 Å². The first-order valence-electron chi connectivity index (χ1n) is 11.4. The lowest BCUT2D eigenvalue weighted by atomic mass is 10.1. The molecule has 0 bridgehead atoms. The number of aromatic nitrogens is 6. The molecule has 20 heteroatoms. The fourth-order valence-corrected chi connectivity index (χ4v) is 8.40. The Morgan fingerprint density at radius 1 is 1.29 bits per heavy atom. The maximum atomic E-state index is 13.0. The Kier molecular flexibility index (Phi) is 8.34. The molecule has 2 fully saturated rings. The number of nitrogens with one attached hydrogen (secondary N) is 2. The molecule has 210 valence electrons. The number of aromatic amines is 1. The number of sulfone groups is 1. The van der Waals surface area contributed by atoms with Gasteiger partial charge in [0.1, 0.15) is 24.1 Å². The second-order valence-corrected chi connectivity index (χ2v) is 13.5. The van der Waals surface area contributed by atoms with Crippen LogP contribution < -0.4 is 10.3 Å². The van der Waals surface area contributed by atoms with Crippen molar-refractivity contribution in [1.29, 1.82) is 0 Å². The van der Waals surface area contributed by atoms with Crippen molar-refractivity contribution in [3.63, 3.8) is 0 Å². The molecule has 6 N–H and O–H groups in total. The number of hydrogen-bond donors (Lipinski definition) is 6. The van der Waals surface area contributed by atoms with Gasteiger partial charge in [-0.05, 0) is 31.4 Å². The Hall–Kier alpha value is -2.31. The van der Waals surface area contributed by atoms with Crippen LogP contribution in [0.5, 0.6) is 0 Å². The number of tetrazole rings is 1. The van der Waals surface area contributed by atoms with Crippen molar-refractivity contribution in [2.24, 2.45) is 5.10 Å². The van der Waals surface area contributed by atoms with Crippen LogP contribution in [0.4, 0.5) is 11.6 Å². The molecule has 4 rings (SSSR count). The maximum Gasteiger partial charge on any atom is 0.351 e. The molecule has 1 unspecified atom stereocenters. The van der Waals surface area contributed by atoms with E-state index in [9.17, 15) is 33.0 Å². The van der Waals surface area contributed by atoms with Gasteiger partial charge in [-0.3, -0.25) is 4.57 Å². The maximum absolute atomic E-state index is 13.0. The number of halogens is 1. The molecule has 0 radical (unpaired) electrons. The molecule has 3 heterocycles. The topological polar surface area (TPSA) is 249 Å². The molecule has 1 aliphatic carbocycles. The number of rotatable bonds is 10. The van der Waals surface area contributed by atoms with Crippen molar-refractivity contribution in [2.75, 3.05) is 16.1 Å². The van der Waals surface area contributed by atoms with Gasteiger partial charge in [0.2, 0.25) is 16.1 Å². The first kappa shape index (κ1) is 28.7. The summed E-state index contributed by atoms with van der Waals surface area (Å²) in [4.78, 5) is 25.3. The standard InChI is InChI=1S/C18H27ClN9O8PS/c1-8-13(21-9-5-3-4-6-9)22-18(19)23-15(8)28(20-2)16-12(30)11(29)10(36-16)7-38(34,35)17(37(31,32)33)14-24-26-27-25-14/h9-12,16-17,29-30H,2-7H2,1H3,(H,21,22,23)(H2,31,32,33)(H,24,25,26,27)/t10-,11-,12-,16-,17?/m1/s1. The minimum Gasteiger partial charge on any atom is -0.387 e. The van der Waals surface area contributed by atoms with Gasteiger partial charge in [-0.2, -0.15) is 15.3 Å². The minimum absolute atomic E-state index is 0.0835. The van der Waals surface area contributed by atoms with Crippen LogP contribution in [-0.2, 0) is 19.1 Å². The van der Waals surface area contributed by atoms with Crippen molar-refractivity contribution in [3.8, 4) is 0 Å². The number of aliphatic hydroxyl groups excluding tert-OH is 2. The van der Waals surface area contributed by atoms with Crippen LogP contribution in [0.3, 0.4) is 0 Å². The first-order valence-corrected chi connectivity index (χ1v) is 15.2. The van der Waals surface area contributed by atoms with Gasteiger partial charge in [-0.25, -0.2) is 18.4 Å². The first-order chi connectivity index (χ1) is 17.8. The number of hydrogen-bond acceptors (Lipinski definition) is 14. The van der Waals surface area contributed by atoms with Crippen LogP contribution in [-0.4, -0.2) is 102 Å². The zero-order valence-electron chi connectivity index (χ0n) is 20.0. The third kappa shape index (κ3) is 5.81. The highest BCUT2D eigenvalue weighted by molar-refractivity contribution is 7.97. The van der Waals surface area contributed by atoms with Crippen molar-refractivity contribution < 1.29 is 37.7 Å². The van der Waals surface area contributed by atoms with Gasteiger partial charge in [-0.1, -0.05) is 18.1 Å². The zero-order chi connectivity index (χ0) is 27.8. The van der Waals surface area contributed by atoms with Gasteiger partial charge >= 0.3 is 7.60 Å². The molecular weight excluding hydrogens is 569 g/mol. The Labute approximate surface area is 221 Å². The fourth-order valence-electron chi connectivity index (χ4n) is 4.56. The molecule has 0 amide bonds. The van der Waals surface area contributed by atoms with E-state index in [4.69, 9.17) is 16.3 Å². The molecule has 2 aliphatic rings. The average molecular weight is 596 g/mol.